The Balaban J connectivity index is 1.96. The average Bonchev–Trinajstić information content (AvgIpc) is 3.02. The second kappa shape index (κ2) is 8.14. The third kappa shape index (κ3) is 5.26. The summed E-state index contributed by atoms with van der Waals surface area (Å²) in [7, 11) is 1.47. The number of carboxylic acids is 1. The summed E-state index contributed by atoms with van der Waals surface area (Å²) in [5.74, 6) is -1.04. The Labute approximate surface area is 136 Å². The quantitative estimate of drug-likeness (QED) is 0.806. The molecule has 0 radical (unpaired) electrons. The van der Waals surface area contributed by atoms with Gasteiger partial charge in [-0.25, -0.2) is 9.78 Å². The molecule has 1 atom stereocenters. The molecule has 0 aliphatic rings. The zero-order valence-corrected chi connectivity index (χ0v) is 13.2. The van der Waals surface area contributed by atoms with Gasteiger partial charge in [0.2, 0.25) is 0 Å². The molecule has 2 aromatic rings. The molecule has 0 saturated carbocycles. The van der Waals surface area contributed by atoms with Crippen molar-refractivity contribution in [2.24, 2.45) is 0 Å². The first-order valence-corrected chi connectivity index (χ1v) is 7.59. The number of methoxy groups -OCH3 is 1. The Hall–Kier alpha value is -2.61. The molecular formula is C15H16N2O5S. The van der Waals surface area contributed by atoms with Gasteiger partial charge in [0.1, 0.15) is 6.61 Å². The van der Waals surface area contributed by atoms with Crippen molar-refractivity contribution in [1.29, 1.82) is 0 Å². The first-order chi connectivity index (χ1) is 11.1. The smallest absolute Gasteiger partial charge is 0.407 e. The minimum atomic E-state index is -1.04. The monoisotopic (exact) mass is 336 g/mol. The molecule has 1 unspecified atom stereocenters. The maximum Gasteiger partial charge on any atom is 0.407 e. The molecule has 0 aliphatic heterocycles. The lowest BCUT2D eigenvalue weighted by atomic mass is 10.2. The van der Waals surface area contributed by atoms with E-state index in [1.54, 1.807) is 0 Å². The van der Waals surface area contributed by atoms with Crippen molar-refractivity contribution in [2.45, 2.75) is 19.1 Å². The number of carbonyl (C=O) groups excluding carboxylic acids is 1. The molecular weight excluding hydrogens is 320 g/mol. The van der Waals surface area contributed by atoms with E-state index in [4.69, 9.17) is 14.6 Å². The second-order valence-electron chi connectivity index (χ2n) is 4.59. The van der Waals surface area contributed by atoms with Gasteiger partial charge in [0.25, 0.3) is 5.19 Å². The van der Waals surface area contributed by atoms with Gasteiger partial charge in [0.05, 0.1) is 24.4 Å². The van der Waals surface area contributed by atoms with E-state index in [1.165, 1.54) is 24.6 Å². The fourth-order valence-electron chi connectivity index (χ4n) is 1.83. The van der Waals surface area contributed by atoms with Crippen molar-refractivity contribution in [3.8, 4) is 5.19 Å². The van der Waals surface area contributed by atoms with Crippen LogP contribution < -0.4 is 10.1 Å². The van der Waals surface area contributed by atoms with Crippen LogP contribution in [0.1, 0.15) is 22.9 Å². The molecule has 7 nitrogen and oxygen atoms in total. The largest absolute Gasteiger partial charge is 0.481 e. The summed E-state index contributed by atoms with van der Waals surface area (Å²) in [5.41, 5.74) is 0.844. The van der Waals surface area contributed by atoms with E-state index in [-0.39, 0.29) is 13.0 Å². The zero-order valence-electron chi connectivity index (χ0n) is 12.4. The summed E-state index contributed by atoms with van der Waals surface area (Å²) in [4.78, 5) is 27.4. The van der Waals surface area contributed by atoms with Gasteiger partial charge in [0, 0.05) is 6.20 Å². The molecule has 122 valence electrons. The number of carboxylic acid groups (broad SMARTS) is 1. The van der Waals surface area contributed by atoms with Gasteiger partial charge in [-0.05, 0) is 5.56 Å². The van der Waals surface area contributed by atoms with Crippen LogP contribution in [0.5, 0.6) is 5.19 Å². The number of rotatable bonds is 7. The number of aliphatic carboxylic acids is 1. The molecule has 2 N–H and O–H groups in total. The van der Waals surface area contributed by atoms with E-state index < -0.39 is 18.1 Å². The summed E-state index contributed by atoms with van der Waals surface area (Å²) in [6.07, 6.45) is 0.521. The minimum Gasteiger partial charge on any atom is -0.481 e. The van der Waals surface area contributed by atoms with Crippen molar-refractivity contribution in [2.75, 3.05) is 7.11 Å². The van der Waals surface area contributed by atoms with Gasteiger partial charge >= 0.3 is 12.1 Å². The summed E-state index contributed by atoms with van der Waals surface area (Å²) < 4.78 is 10.1. The minimum absolute atomic E-state index is 0.110. The van der Waals surface area contributed by atoms with Crippen molar-refractivity contribution in [3.05, 3.63) is 47.0 Å². The Morgan fingerprint density at radius 1 is 1.35 bits per heavy atom. The Bertz CT molecular complexity index is 659. The summed E-state index contributed by atoms with van der Waals surface area (Å²) >= 11 is 1.17. The normalized spacial score (nSPS) is 11.5. The summed E-state index contributed by atoms with van der Waals surface area (Å²) in [6.45, 7) is 0.110. The lowest BCUT2D eigenvalue weighted by Crippen LogP contribution is -2.30. The SMILES string of the molecule is COc1ncc(C(CC(=O)O)NC(=O)OCc2ccccc2)s1. The predicted molar refractivity (Wildman–Crippen MR) is 83.4 cm³/mol. The predicted octanol–water partition coefficient (Wildman–Crippen LogP) is 2.59. The highest BCUT2D eigenvalue weighted by atomic mass is 32.1. The zero-order chi connectivity index (χ0) is 16.7. The average molecular weight is 336 g/mol. The van der Waals surface area contributed by atoms with Crippen LogP contribution >= 0.6 is 11.3 Å². The Morgan fingerprint density at radius 3 is 2.70 bits per heavy atom. The number of thiazole rings is 1. The van der Waals surface area contributed by atoms with Crippen LogP contribution in [0.4, 0.5) is 4.79 Å². The van der Waals surface area contributed by atoms with Crippen LogP contribution in [-0.2, 0) is 16.1 Å². The Morgan fingerprint density at radius 2 is 2.09 bits per heavy atom. The summed E-state index contributed by atoms with van der Waals surface area (Å²) in [6, 6.07) is 8.48. The highest BCUT2D eigenvalue weighted by Gasteiger charge is 2.21. The number of hydrogen-bond acceptors (Lipinski definition) is 6. The fourth-order valence-corrected chi connectivity index (χ4v) is 2.61. The second-order valence-corrected chi connectivity index (χ2v) is 5.61. The lowest BCUT2D eigenvalue weighted by Gasteiger charge is -2.15. The summed E-state index contributed by atoms with van der Waals surface area (Å²) in [5, 5.41) is 11.9. The molecule has 8 heteroatoms. The third-order valence-corrected chi connectivity index (χ3v) is 3.98. The van der Waals surface area contributed by atoms with Gasteiger partial charge in [-0.2, -0.15) is 0 Å². The maximum absolute atomic E-state index is 11.9. The molecule has 0 bridgehead atoms. The lowest BCUT2D eigenvalue weighted by molar-refractivity contribution is -0.137. The van der Waals surface area contributed by atoms with Gasteiger partial charge in [-0.3, -0.25) is 4.79 Å². The van der Waals surface area contributed by atoms with Crippen molar-refractivity contribution >= 4 is 23.4 Å². The molecule has 0 aliphatic carbocycles. The Kier molecular flexibility index (Phi) is 5.93. The standard InChI is InChI=1S/C15H16N2O5S/c1-21-15-16-8-12(23-15)11(7-13(18)19)17-14(20)22-9-10-5-3-2-4-6-10/h2-6,8,11H,7,9H2,1H3,(H,17,20)(H,18,19). The number of nitrogens with one attached hydrogen (secondary N) is 1. The number of alkyl carbamates (subject to hydrolysis) is 1. The van der Waals surface area contributed by atoms with Gasteiger partial charge in [-0.15, -0.1) is 0 Å². The van der Waals surface area contributed by atoms with Crippen LogP contribution in [-0.4, -0.2) is 29.3 Å². The fraction of sp³-hybridized carbons (Fsp3) is 0.267. The number of benzene rings is 1. The highest BCUT2D eigenvalue weighted by Crippen LogP contribution is 2.28. The molecule has 2 rings (SSSR count). The molecule has 1 heterocycles. The highest BCUT2D eigenvalue weighted by molar-refractivity contribution is 7.13. The molecule has 1 aromatic carbocycles. The van der Waals surface area contributed by atoms with Crippen LogP contribution in [0.25, 0.3) is 0 Å². The maximum atomic E-state index is 11.9. The third-order valence-electron chi connectivity index (χ3n) is 2.90. The van der Waals surface area contributed by atoms with Gasteiger partial charge in [-0.1, -0.05) is 41.7 Å². The molecule has 0 saturated heterocycles. The van der Waals surface area contributed by atoms with Gasteiger partial charge < -0.3 is 19.9 Å². The van der Waals surface area contributed by atoms with E-state index in [0.717, 1.165) is 5.56 Å². The number of ether oxygens (including phenoxy) is 2. The van der Waals surface area contributed by atoms with E-state index in [1.807, 2.05) is 30.3 Å². The number of carbonyl (C=O) groups is 2. The number of nitrogens with zero attached hydrogens (tertiary/aromatic N) is 1. The topological polar surface area (TPSA) is 97.8 Å². The number of aromatic nitrogens is 1. The molecule has 23 heavy (non-hydrogen) atoms. The van der Waals surface area contributed by atoms with Crippen LogP contribution in [0, 0.1) is 0 Å². The molecule has 1 aromatic heterocycles. The van der Waals surface area contributed by atoms with Crippen LogP contribution in [0.3, 0.4) is 0 Å². The molecule has 0 fully saturated rings. The first kappa shape index (κ1) is 16.8. The van der Waals surface area contributed by atoms with Crippen LogP contribution in [0.2, 0.25) is 0 Å². The molecule has 1 amide bonds. The molecule has 0 spiro atoms. The van der Waals surface area contributed by atoms with E-state index in [2.05, 4.69) is 10.3 Å². The van der Waals surface area contributed by atoms with Gasteiger partial charge in [0.15, 0.2) is 0 Å². The van der Waals surface area contributed by atoms with E-state index in [9.17, 15) is 9.59 Å². The first-order valence-electron chi connectivity index (χ1n) is 6.77. The number of amides is 1. The van der Waals surface area contributed by atoms with E-state index >= 15 is 0 Å². The van der Waals surface area contributed by atoms with Crippen LogP contribution in [0.15, 0.2) is 36.5 Å². The van der Waals surface area contributed by atoms with Crippen molar-refractivity contribution in [1.82, 2.24) is 10.3 Å². The van der Waals surface area contributed by atoms with E-state index in [0.29, 0.717) is 10.1 Å². The van der Waals surface area contributed by atoms with Crippen molar-refractivity contribution < 1.29 is 24.2 Å². The van der Waals surface area contributed by atoms with Crippen molar-refractivity contribution in [3.63, 3.8) is 0 Å². The number of hydrogen-bond donors (Lipinski definition) is 2.